The minimum absolute atomic E-state index is 0.164. The van der Waals surface area contributed by atoms with Crippen LogP contribution < -0.4 is 10.6 Å². The molecule has 0 aromatic carbocycles. The van der Waals surface area contributed by atoms with Crippen molar-refractivity contribution in [2.75, 3.05) is 19.6 Å². The monoisotopic (exact) mass is 236 g/mol. The largest absolute Gasteiger partial charge is 0.356 e. The van der Waals surface area contributed by atoms with Crippen molar-refractivity contribution < 1.29 is 4.79 Å². The van der Waals surface area contributed by atoms with Crippen molar-refractivity contribution in [1.82, 2.24) is 20.2 Å². The lowest BCUT2D eigenvalue weighted by Gasteiger charge is -2.21. The molecule has 2 rings (SSSR count). The standard InChI is InChI=1S/C12H20N4O/c17-12(11-3-1-4-13-9-11)15-5-2-7-16-8-6-14-10-16/h6,8,10-11,13H,1-5,7,9H2,(H,15,17)/t11-/m0/s1. The van der Waals surface area contributed by atoms with Crippen molar-refractivity contribution in [1.29, 1.82) is 0 Å². The number of piperidine rings is 1. The molecule has 0 saturated carbocycles. The van der Waals surface area contributed by atoms with Crippen LogP contribution in [0, 0.1) is 5.92 Å². The number of carbonyl (C=O) groups is 1. The fourth-order valence-corrected chi connectivity index (χ4v) is 2.11. The van der Waals surface area contributed by atoms with E-state index in [1.54, 1.807) is 12.5 Å². The van der Waals surface area contributed by atoms with Crippen molar-refractivity contribution in [3.05, 3.63) is 18.7 Å². The van der Waals surface area contributed by atoms with Crippen molar-refractivity contribution in [3.63, 3.8) is 0 Å². The molecule has 1 atom stereocenters. The summed E-state index contributed by atoms with van der Waals surface area (Å²) < 4.78 is 2.02. The molecule has 0 radical (unpaired) electrons. The first-order chi connectivity index (χ1) is 8.36. The Balaban J connectivity index is 1.59. The maximum absolute atomic E-state index is 11.8. The molecule has 1 saturated heterocycles. The minimum Gasteiger partial charge on any atom is -0.356 e. The van der Waals surface area contributed by atoms with E-state index in [0.717, 1.165) is 45.4 Å². The molecule has 0 aliphatic carbocycles. The van der Waals surface area contributed by atoms with Gasteiger partial charge in [-0.2, -0.15) is 0 Å². The van der Waals surface area contributed by atoms with Gasteiger partial charge in [-0.3, -0.25) is 4.79 Å². The Hall–Kier alpha value is -1.36. The molecule has 2 N–H and O–H groups in total. The lowest BCUT2D eigenvalue weighted by Crippen LogP contribution is -2.40. The van der Waals surface area contributed by atoms with Crippen LogP contribution in [0.2, 0.25) is 0 Å². The number of nitrogens with zero attached hydrogens (tertiary/aromatic N) is 2. The Morgan fingerprint density at radius 3 is 3.24 bits per heavy atom. The molecule has 17 heavy (non-hydrogen) atoms. The van der Waals surface area contributed by atoms with Crippen molar-refractivity contribution >= 4 is 5.91 Å². The second-order valence-corrected chi connectivity index (χ2v) is 4.49. The molecule has 5 nitrogen and oxygen atoms in total. The summed E-state index contributed by atoms with van der Waals surface area (Å²) in [6, 6.07) is 0. The zero-order chi connectivity index (χ0) is 11.9. The van der Waals surface area contributed by atoms with E-state index in [1.165, 1.54) is 0 Å². The van der Waals surface area contributed by atoms with Gasteiger partial charge in [0.1, 0.15) is 0 Å². The summed E-state index contributed by atoms with van der Waals surface area (Å²) in [5.74, 6) is 0.361. The van der Waals surface area contributed by atoms with Gasteiger partial charge < -0.3 is 15.2 Å². The van der Waals surface area contributed by atoms with Gasteiger partial charge in [0.2, 0.25) is 5.91 Å². The molecule has 0 unspecified atom stereocenters. The van der Waals surface area contributed by atoms with E-state index >= 15 is 0 Å². The lowest BCUT2D eigenvalue weighted by atomic mass is 9.99. The van der Waals surface area contributed by atoms with Crippen LogP contribution in [0.3, 0.4) is 0 Å². The topological polar surface area (TPSA) is 59.0 Å². The highest BCUT2D eigenvalue weighted by molar-refractivity contribution is 5.78. The molecular weight excluding hydrogens is 216 g/mol. The van der Waals surface area contributed by atoms with E-state index in [1.807, 2.05) is 10.8 Å². The van der Waals surface area contributed by atoms with E-state index < -0.39 is 0 Å². The van der Waals surface area contributed by atoms with Crippen LogP contribution in [0.25, 0.3) is 0 Å². The molecular formula is C12H20N4O. The third-order valence-electron chi connectivity index (χ3n) is 3.12. The fraction of sp³-hybridized carbons (Fsp3) is 0.667. The SMILES string of the molecule is O=C(NCCCn1ccnc1)[C@H]1CCCNC1. The van der Waals surface area contributed by atoms with E-state index in [0.29, 0.717) is 0 Å². The van der Waals surface area contributed by atoms with Gasteiger partial charge >= 0.3 is 0 Å². The predicted octanol–water partition coefficient (Wildman–Crippen LogP) is 0.389. The zero-order valence-electron chi connectivity index (χ0n) is 10.1. The number of nitrogens with one attached hydrogen (secondary N) is 2. The summed E-state index contributed by atoms with van der Waals surface area (Å²) >= 11 is 0. The van der Waals surface area contributed by atoms with E-state index in [9.17, 15) is 4.79 Å². The van der Waals surface area contributed by atoms with Crippen molar-refractivity contribution in [2.24, 2.45) is 5.92 Å². The molecule has 1 aliphatic rings. The highest BCUT2D eigenvalue weighted by Gasteiger charge is 2.19. The van der Waals surface area contributed by atoms with Gasteiger partial charge in [-0.25, -0.2) is 4.98 Å². The number of aryl methyl sites for hydroxylation is 1. The second kappa shape index (κ2) is 6.39. The molecule has 94 valence electrons. The Morgan fingerprint density at radius 2 is 2.53 bits per heavy atom. The molecule has 1 aliphatic heterocycles. The zero-order valence-corrected chi connectivity index (χ0v) is 10.1. The summed E-state index contributed by atoms with van der Waals surface area (Å²) in [7, 11) is 0. The molecule has 5 heteroatoms. The van der Waals surface area contributed by atoms with Crippen LogP contribution in [0.1, 0.15) is 19.3 Å². The summed E-state index contributed by atoms with van der Waals surface area (Å²) in [5.41, 5.74) is 0. The molecule has 1 aromatic rings. The number of hydrogen-bond donors (Lipinski definition) is 2. The first-order valence-electron chi connectivity index (χ1n) is 6.30. The molecule has 1 aromatic heterocycles. The predicted molar refractivity (Wildman–Crippen MR) is 65.4 cm³/mol. The van der Waals surface area contributed by atoms with Gasteiger partial charge in [0, 0.05) is 32.0 Å². The average Bonchev–Trinajstić information content (AvgIpc) is 2.88. The van der Waals surface area contributed by atoms with Gasteiger partial charge in [-0.15, -0.1) is 0 Å². The second-order valence-electron chi connectivity index (χ2n) is 4.49. The van der Waals surface area contributed by atoms with Crippen LogP contribution >= 0.6 is 0 Å². The molecule has 1 fully saturated rings. The quantitative estimate of drug-likeness (QED) is 0.727. The number of rotatable bonds is 5. The van der Waals surface area contributed by atoms with Gasteiger partial charge in [0.15, 0.2) is 0 Å². The fourth-order valence-electron chi connectivity index (χ4n) is 2.11. The molecule has 1 amide bonds. The Labute approximate surface area is 102 Å². The van der Waals surface area contributed by atoms with Crippen molar-refractivity contribution in [2.45, 2.75) is 25.8 Å². The first kappa shape index (κ1) is 12.1. The number of hydrogen-bond acceptors (Lipinski definition) is 3. The molecule has 2 heterocycles. The van der Waals surface area contributed by atoms with E-state index in [4.69, 9.17) is 0 Å². The lowest BCUT2D eigenvalue weighted by molar-refractivity contribution is -0.125. The Morgan fingerprint density at radius 1 is 1.59 bits per heavy atom. The van der Waals surface area contributed by atoms with Crippen LogP contribution in [0.4, 0.5) is 0 Å². The molecule has 0 spiro atoms. The third-order valence-corrected chi connectivity index (χ3v) is 3.12. The first-order valence-corrected chi connectivity index (χ1v) is 6.30. The van der Waals surface area contributed by atoms with Gasteiger partial charge in [-0.1, -0.05) is 0 Å². The summed E-state index contributed by atoms with van der Waals surface area (Å²) in [5, 5.41) is 6.26. The van der Waals surface area contributed by atoms with Gasteiger partial charge in [0.05, 0.1) is 12.2 Å². The maximum atomic E-state index is 11.8. The van der Waals surface area contributed by atoms with Crippen molar-refractivity contribution in [3.8, 4) is 0 Å². The average molecular weight is 236 g/mol. The normalized spacial score (nSPS) is 20.1. The van der Waals surface area contributed by atoms with Crippen LogP contribution in [0.5, 0.6) is 0 Å². The van der Waals surface area contributed by atoms with Gasteiger partial charge in [-0.05, 0) is 25.8 Å². The van der Waals surface area contributed by atoms with Gasteiger partial charge in [0.25, 0.3) is 0 Å². The van der Waals surface area contributed by atoms with Crippen LogP contribution in [-0.2, 0) is 11.3 Å². The third kappa shape index (κ3) is 3.85. The van der Waals surface area contributed by atoms with E-state index in [2.05, 4.69) is 15.6 Å². The van der Waals surface area contributed by atoms with E-state index in [-0.39, 0.29) is 11.8 Å². The smallest absolute Gasteiger partial charge is 0.224 e. The van der Waals surface area contributed by atoms with Crippen LogP contribution in [0.15, 0.2) is 18.7 Å². The number of aromatic nitrogens is 2. The summed E-state index contributed by atoms with van der Waals surface area (Å²) in [4.78, 5) is 15.8. The molecule has 0 bridgehead atoms. The number of amides is 1. The maximum Gasteiger partial charge on any atom is 0.224 e. The highest BCUT2D eigenvalue weighted by atomic mass is 16.1. The number of carbonyl (C=O) groups excluding carboxylic acids is 1. The summed E-state index contributed by atoms with van der Waals surface area (Å²) in [6.07, 6.45) is 8.57. The summed E-state index contributed by atoms with van der Waals surface area (Å²) in [6.45, 7) is 3.52. The van der Waals surface area contributed by atoms with Crippen LogP contribution in [-0.4, -0.2) is 35.1 Å². The minimum atomic E-state index is 0.164. The Kier molecular flexibility index (Phi) is 4.55. The number of imidazole rings is 1. The Bertz CT molecular complexity index is 330. The highest BCUT2D eigenvalue weighted by Crippen LogP contribution is 2.09.